The van der Waals surface area contributed by atoms with Gasteiger partial charge in [0.25, 0.3) is 0 Å². The minimum Gasteiger partial charge on any atom is -0.429 e. The summed E-state index contributed by atoms with van der Waals surface area (Å²) in [5.41, 5.74) is 2.44. The molecule has 2 nitrogen and oxygen atoms in total. The van der Waals surface area contributed by atoms with Crippen molar-refractivity contribution in [3.05, 3.63) is 83.7 Å². The Bertz CT molecular complexity index is 1100. The molecule has 1 aliphatic carbocycles. The van der Waals surface area contributed by atoms with E-state index in [1.165, 1.54) is 61.9 Å². The van der Waals surface area contributed by atoms with Crippen molar-refractivity contribution in [2.75, 3.05) is 0 Å². The first kappa shape index (κ1) is 24.0. The molecule has 0 atom stereocenters. The predicted molar refractivity (Wildman–Crippen MR) is 115 cm³/mol. The van der Waals surface area contributed by atoms with Crippen LogP contribution in [0.3, 0.4) is 0 Å². The molecule has 0 heterocycles. The molecule has 8 heteroatoms. The molecule has 3 aromatic rings. The summed E-state index contributed by atoms with van der Waals surface area (Å²) in [5, 5.41) is 0. The fourth-order valence-corrected chi connectivity index (χ4v) is 4.20. The average Bonchev–Trinajstić information content (AvgIpc) is 2.81. The quantitative estimate of drug-likeness (QED) is 0.329. The zero-order valence-electron chi connectivity index (χ0n) is 18.0. The monoisotopic (exact) mass is 480 g/mol. The van der Waals surface area contributed by atoms with E-state index < -0.39 is 35.4 Å². The second-order valence-electron chi connectivity index (χ2n) is 8.29. The Balaban J connectivity index is 1.45. The molecule has 180 valence electrons. The molecule has 0 radical (unpaired) electrons. The highest BCUT2D eigenvalue weighted by molar-refractivity contribution is 5.64. The third kappa shape index (κ3) is 5.85. The van der Waals surface area contributed by atoms with Crippen molar-refractivity contribution in [3.8, 4) is 22.6 Å². The van der Waals surface area contributed by atoms with Gasteiger partial charge in [-0.25, -0.2) is 4.39 Å². The number of ether oxygens (including phenoxy) is 2. The van der Waals surface area contributed by atoms with Gasteiger partial charge in [0.15, 0.2) is 11.6 Å². The standard InChI is InChI=1S/C26H22F6O2/c27-23-16-22(14-15-24(23)34-26(30,31)32)33-25(28,29)21-12-10-20(11-13-21)19-8-6-18(7-9-19)17-4-2-1-3-5-17/h6-17H,1-5H2. The fraction of sp³-hybridized carbons (Fsp3) is 0.308. The summed E-state index contributed by atoms with van der Waals surface area (Å²) in [7, 11) is 0. The molecule has 1 aliphatic rings. The highest BCUT2D eigenvalue weighted by atomic mass is 19.4. The molecule has 1 fully saturated rings. The van der Waals surface area contributed by atoms with Crippen LogP contribution >= 0.6 is 0 Å². The summed E-state index contributed by atoms with van der Waals surface area (Å²) < 4.78 is 87.7. The van der Waals surface area contributed by atoms with Gasteiger partial charge in [-0.05, 0) is 59.7 Å². The van der Waals surface area contributed by atoms with Gasteiger partial charge in [-0.3, -0.25) is 0 Å². The summed E-state index contributed by atoms with van der Waals surface area (Å²) in [6, 6.07) is 15.3. The minimum absolute atomic E-state index is 0.414. The molecule has 0 saturated heterocycles. The van der Waals surface area contributed by atoms with Gasteiger partial charge in [-0.1, -0.05) is 55.7 Å². The Labute approximate surface area is 193 Å². The largest absolute Gasteiger partial charge is 0.573 e. The van der Waals surface area contributed by atoms with Gasteiger partial charge in [-0.15, -0.1) is 13.2 Å². The van der Waals surface area contributed by atoms with Gasteiger partial charge in [0.05, 0.1) is 5.56 Å². The Kier molecular flexibility index (Phi) is 6.77. The molecule has 0 aliphatic heterocycles. The number of halogens is 6. The van der Waals surface area contributed by atoms with Crippen LogP contribution in [0.2, 0.25) is 0 Å². The normalized spacial score (nSPS) is 15.2. The van der Waals surface area contributed by atoms with Crippen molar-refractivity contribution in [2.45, 2.75) is 50.5 Å². The minimum atomic E-state index is -5.11. The lowest BCUT2D eigenvalue weighted by molar-refractivity contribution is -0.275. The first-order chi connectivity index (χ1) is 16.1. The number of hydrogen-bond donors (Lipinski definition) is 0. The maximum Gasteiger partial charge on any atom is 0.573 e. The van der Waals surface area contributed by atoms with Crippen LogP contribution < -0.4 is 9.47 Å². The van der Waals surface area contributed by atoms with Crippen LogP contribution in [0.4, 0.5) is 26.3 Å². The lowest BCUT2D eigenvalue weighted by Gasteiger charge is -2.22. The second-order valence-corrected chi connectivity index (χ2v) is 8.29. The highest BCUT2D eigenvalue weighted by Crippen LogP contribution is 2.36. The molecule has 1 saturated carbocycles. The van der Waals surface area contributed by atoms with Crippen molar-refractivity contribution in [1.29, 1.82) is 0 Å². The molecule has 3 aromatic carbocycles. The van der Waals surface area contributed by atoms with Crippen molar-refractivity contribution in [3.63, 3.8) is 0 Å². The lowest BCUT2D eigenvalue weighted by Crippen LogP contribution is -2.22. The number of alkyl halides is 5. The SMILES string of the molecule is Fc1cc(OC(F)(F)c2ccc(-c3ccc(C4CCCCC4)cc3)cc2)ccc1OC(F)(F)F. The molecule has 0 N–H and O–H groups in total. The second kappa shape index (κ2) is 9.60. The zero-order chi connectivity index (χ0) is 24.3. The molecule has 0 amide bonds. The number of benzene rings is 3. The summed E-state index contributed by atoms with van der Waals surface area (Å²) in [6.45, 7) is 0. The van der Waals surface area contributed by atoms with E-state index >= 15 is 0 Å². The van der Waals surface area contributed by atoms with Crippen molar-refractivity contribution in [2.24, 2.45) is 0 Å². The smallest absolute Gasteiger partial charge is 0.429 e. The van der Waals surface area contributed by atoms with Crippen molar-refractivity contribution in [1.82, 2.24) is 0 Å². The maximum atomic E-state index is 14.6. The first-order valence-electron chi connectivity index (χ1n) is 10.9. The van der Waals surface area contributed by atoms with Crippen molar-refractivity contribution < 1.29 is 35.8 Å². The van der Waals surface area contributed by atoms with E-state index in [-0.39, 0.29) is 0 Å². The van der Waals surface area contributed by atoms with Crippen LogP contribution in [0.25, 0.3) is 11.1 Å². The van der Waals surface area contributed by atoms with Gasteiger partial charge in [-0.2, -0.15) is 8.78 Å². The van der Waals surface area contributed by atoms with Crippen LogP contribution in [-0.2, 0) is 6.11 Å². The number of rotatable bonds is 6. The van der Waals surface area contributed by atoms with Gasteiger partial charge in [0.1, 0.15) is 5.75 Å². The molecule has 34 heavy (non-hydrogen) atoms. The van der Waals surface area contributed by atoms with Gasteiger partial charge < -0.3 is 9.47 Å². The van der Waals surface area contributed by atoms with Crippen molar-refractivity contribution >= 4 is 0 Å². The van der Waals surface area contributed by atoms with Crippen LogP contribution in [0.15, 0.2) is 66.7 Å². The Morgan fingerprint density at radius 3 is 1.82 bits per heavy atom. The van der Waals surface area contributed by atoms with Crippen LogP contribution in [-0.4, -0.2) is 6.36 Å². The van der Waals surface area contributed by atoms with E-state index in [9.17, 15) is 26.3 Å². The molecule has 0 spiro atoms. The van der Waals surface area contributed by atoms with Crippen LogP contribution in [0.1, 0.15) is 49.1 Å². The van der Waals surface area contributed by atoms with Gasteiger partial charge in [0, 0.05) is 6.07 Å². The highest BCUT2D eigenvalue weighted by Gasteiger charge is 2.36. The average molecular weight is 480 g/mol. The molecular formula is C26H22F6O2. The summed E-state index contributed by atoms with van der Waals surface area (Å²) in [5.74, 6) is -2.68. The third-order valence-electron chi connectivity index (χ3n) is 5.92. The summed E-state index contributed by atoms with van der Waals surface area (Å²) >= 11 is 0. The number of hydrogen-bond acceptors (Lipinski definition) is 2. The van der Waals surface area contributed by atoms with E-state index in [0.717, 1.165) is 17.2 Å². The summed E-state index contributed by atoms with van der Waals surface area (Å²) in [4.78, 5) is 0. The molecule has 0 aromatic heterocycles. The lowest BCUT2D eigenvalue weighted by atomic mass is 9.84. The topological polar surface area (TPSA) is 18.5 Å². The van der Waals surface area contributed by atoms with E-state index in [1.807, 2.05) is 12.1 Å². The molecule has 0 unspecified atom stereocenters. The first-order valence-corrected chi connectivity index (χ1v) is 10.9. The molecular weight excluding hydrogens is 458 g/mol. The zero-order valence-corrected chi connectivity index (χ0v) is 18.0. The van der Waals surface area contributed by atoms with Gasteiger partial charge >= 0.3 is 12.5 Å². The van der Waals surface area contributed by atoms with Gasteiger partial charge in [0.2, 0.25) is 0 Å². The van der Waals surface area contributed by atoms with E-state index in [1.54, 1.807) is 0 Å². The Morgan fingerprint density at radius 1 is 0.676 bits per heavy atom. The van der Waals surface area contributed by atoms with E-state index in [2.05, 4.69) is 21.6 Å². The van der Waals surface area contributed by atoms with Crippen LogP contribution in [0.5, 0.6) is 11.5 Å². The molecule has 4 rings (SSSR count). The predicted octanol–water partition coefficient (Wildman–Crippen LogP) is 8.57. The summed E-state index contributed by atoms with van der Waals surface area (Å²) in [6.07, 6.45) is -2.81. The Morgan fingerprint density at radius 2 is 1.26 bits per heavy atom. The van der Waals surface area contributed by atoms with E-state index in [0.29, 0.717) is 18.1 Å². The maximum absolute atomic E-state index is 14.6. The van der Waals surface area contributed by atoms with E-state index in [4.69, 9.17) is 0 Å². The molecule has 0 bridgehead atoms. The third-order valence-corrected chi connectivity index (χ3v) is 5.92. The Hall–Kier alpha value is -3.16. The fourth-order valence-electron chi connectivity index (χ4n) is 4.20. The van der Waals surface area contributed by atoms with Crippen LogP contribution in [0, 0.1) is 5.82 Å².